The Bertz CT molecular complexity index is 620. The van der Waals surface area contributed by atoms with E-state index in [1.165, 1.54) is 0 Å². The molecule has 1 amide bonds. The van der Waals surface area contributed by atoms with Crippen LogP contribution in [0.5, 0.6) is 0 Å². The molecule has 0 atom stereocenters. The van der Waals surface area contributed by atoms with Crippen LogP contribution in [0.15, 0.2) is 54.6 Å². The number of rotatable bonds is 5. The summed E-state index contributed by atoms with van der Waals surface area (Å²) in [6, 6.07) is 16.5. The minimum absolute atomic E-state index is 0.0334. The second kappa shape index (κ2) is 6.70. The van der Waals surface area contributed by atoms with Gasteiger partial charge in [0.1, 0.15) is 0 Å². The first kappa shape index (κ1) is 14.8. The predicted octanol–water partition coefficient (Wildman–Crippen LogP) is 2.59. The van der Waals surface area contributed by atoms with Gasteiger partial charge in [-0.3, -0.25) is 9.59 Å². The van der Waals surface area contributed by atoms with E-state index in [-0.39, 0.29) is 12.3 Å². The number of aliphatic carboxylic acids is 1. The van der Waals surface area contributed by atoms with Gasteiger partial charge < -0.3 is 10.0 Å². The summed E-state index contributed by atoms with van der Waals surface area (Å²) < 4.78 is 0. The molecule has 4 heteroatoms. The lowest BCUT2D eigenvalue weighted by Crippen LogP contribution is -2.26. The normalized spacial score (nSPS) is 10.1. The second-order valence-electron chi connectivity index (χ2n) is 4.91. The van der Waals surface area contributed by atoms with Crippen LogP contribution in [0.3, 0.4) is 0 Å². The van der Waals surface area contributed by atoms with Crippen molar-refractivity contribution in [2.24, 2.45) is 0 Å². The Hall–Kier alpha value is -2.62. The fourth-order valence-corrected chi connectivity index (χ4v) is 2.09. The van der Waals surface area contributed by atoms with Crippen LogP contribution in [-0.4, -0.2) is 28.9 Å². The molecule has 2 aromatic carbocycles. The molecule has 108 valence electrons. The second-order valence-corrected chi connectivity index (χ2v) is 4.91. The van der Waals surface area contributed by atoms with Crippen molar-refractivity contribution in [2.75, 3.05) is 7.05 Å². The van der Waals surface area contributed by atoms with E-state index in [1.807, 2.05) is 30.3 Å². The highest BCUT2D eigenvalue weighted by Crippen LogP contribution is 2.10. The lowest BCUT2D eigenvalue weighted by Gasteiger charge is -2.17. The van der Waals surface area contributed by atoms with Gasteiger partial charge in [-0.15, -0.1) is 0 Å². The molecular formula is C17H17NO3. The number of benzene rings is 2. The van der Waals surface area contributed by atoms with Crippen LogP contribution in [-0.2, 0) is 17.8 Å². The molecule has 0 saturated carbocycles. The van der Waals surface area contributed by atoms with Gasteiger partial charge in [-0.1, -0.05) is 42.5 Å². The van der Waals surface area contributed by atoms with E-state index < -0.39 is 5.97 Å². The average Bonchev–Trinajstić information content (AvgIpc) is 2.47. The van der Waals surface area contributed by atoms with E-state index in [0.717, 1.165) is 5.56 Å². The highest BCUT2D eigenvalue weighted by atomic mass is 16.4. The monoisotopic (exact) mass is 283 g/mol. The van der Waals surface area contributed by atoms with Crippen LogP contribution in [0, 0.1) is 0 Å². The molecule has 0 aliphatic rings. The third kappa shape index (κ3) is 4.18. The number of carboxylic acids is 1. The highest BCUT2D eigenvalue weighted by molar-refractivity contribution is 5.94. The molecule has 0 aromatic heterocycles. The molecule has 1 N–H and O–H groups in total. The Labute approximate surface area is 123 Å². The number of hydrogen-bond donors (Lipinski definition) is 1. The average molecular weight is 283 g/mol. The molecule has 0 bridgehead atoms. The zero-order valence-corrected chi connectivity index (χ0v) is 11.8. The zero-order valence-electron chi connectivity index (χ0n) is 11.8. The topological polar surface area (TPSA) is 57.6 Å². The van der Waals surface area contributed by atoms with Crippen LogP contribution in [0.2, 0.25) is 0 Å². The van der Waals surface area contributed by atoms with E-state index in [2.05, 4.69) is 0 Å². The van der Waals surface area contributed by atoms with Crippen molar-refractivity contribution >= 4 is 11.9 Å². The van der Waals surface area contributed by atoms with Gasteiger partial charge in [0.15, 0.2) is 0 Å². The maximum atomic E-state index is 12.3. The van der Waals surface area contributed by atoms with Gasteiger partial charge in [0.25, 0.3) is 5.91 Å². The van der Waals surface area contributed by atoms with E-state index in [0.29, 0.717) is 17.7 Å². The molecular weight excluding hydrogens is 266 g/mol. The summed E-state index contributed by atoms with van der Waals surface area (Å²) >= 11 is 0. The fraction of sp³-hybridized carbons (Fsp3) is 0.176. The molecule has 0 spiro atoms. The number of carboxylic acid groups (broad SMARTS) is 1. The Morgan fingerprint density at radius 1 is 0.952 bits per heavy atom. The molecule has 0 unspecified atom stereocenters. The van der Waals surface area contributed by atoms with Gasteiger partial charge in [-0.25, -0.2) is 0 Å². The molecule has 0 saturated heterocycles. The summed E-state index contributed by atoms with van der Waals surface area (Å²) in [4.78, 5) is 24.6. The zero-order chi connectivity index (χ0) is 15.2. The van der Waals surface area contributed by atoms with Gasteiger partial charge in [0.2, 0.25) is 0 Å². The Morgan fingerprint density at radius 3 is 2.14 bits per heavy atom. The van der Waals surface area contributed by atoms with Crippen LogP contribution < -0.4 is 0 Å². The predicted molar refractivity (Wildman–Crippen MR) is 80.0 cm³/mol. The van der Waals surface area contributed by atoms with Gasteiger partial charge >= 0.3 is 5.97 Å². The maximum Gasteiger partial charge on any atom is 0.307 e. The largest absolute Gasteiger partial charge is 0.481 e. The van der Waals surface area contributed by atoms with Gasteiger partial charge in [-0.2, -0.15) is 0 Å². The van der Waals surface area contributed by atoms with Crippen LogP contribution >= 0.6 is 0 Å². The number of carbonyl (C=O) groups excluding carboxylic acids is 1. The fourth-order valence-electron chi connectivity index (χ4n) is 2.09. The molecule has 2 aromatic rings. The summed E-state index contributed by atoms with van der Waals surface area (Å²) in [5.41, 5.74) is 2.31. The van der Waals surface area contributed by atoms with Gasteiger partial charge in [0, 0.05) is 19.2 Å². The van der Waals surface area contributed by atoms with Gasteiger partial charge in [-0.05, 0) is 23.3 Å². The van der Waals surface area contributed by atoms with Crippen LogP contribution in [0.4, 0.5) is 0 Å². The van der Waals surface area contributed by atoms with E-state index in [1.54, 1.807) is 36.2 Å². The third-order valence-corrected chi connectivity index (χ3v) is 3.17. The lowest BCUT2D eigenvalue weighted by molar-refractivity contribution is -0.136. The first-order valence-corrected chi connectivity index (χ1v) is 6.66. The summed E-state index contributed by atoms with van der Waals surface area (Å²) in [6.45, 7) is 0.538. The molecule has 0 radical (unpaired) electrons. The van der Waals surface area contributed by atoms with Crippen molar-refractivity contribution < 1.29 is 14.7 Å². The molecule has 4 nitrogen and oxygen atoms in total. The number of nitrogens with zero attached hydrogens (tertiary/aromatic N) is 1. The van der Waals surface area contributed by atoms with E-state index in [9.17, 15) is 9.59 Å². The van der Waals surface area contributed by atoms with E-state index in [4.69, 9.17) is 5.11 Å². The summed E-state index contributed by atoms with van der Waals surface area (Å²) in [5.74, 6) is -0.962. The quantitative estimate of drug-likeness (QED) is 0.917. The minimum atomic E-state index is -0.879. The first-order chi connectivity index (χ1) is 10.1. The maximum absolute atomic E-state index is 12.3. The third-order valence-electron chi connectivity index (χ3n) is 3.17. The van der Waals surface area contributed by atoms with Crippen molar-refractivity contribution in [3.05, 3.63) is 71.3 Å². The summed E-state index contributed by atoms with van der Waals surface area (Å²) in [5, 5.41) is 8.72. The lowest BCUT2D eigenvalue weighted by atomic mass is 10.1. The summed E-state index contributed by atoms with van der Waals surface area (Å²) in [7, 11) is 1.75. The molecule has 0 heterocycles. The van der Waals surface area contributed by atoms with E-state index >= 15 is 0 Å². The molecule has 0 aliphatic carbocycles. The van der Waals surface area contributed by atoms with Crippen molar-refractivity contribution in [1.29, 1.82) is 0 Å². The molecule has 0 aliphatic heterocycles. The summed E-state index contributed by atoms with van der Waals surface area (Å²) in [6.07, 6.45) is -0.0334. The molecule has 0 fully saturated rings. The Morgan fingerprint density at radius 2 is 1.57 bits per heavy atom. The smallest absolute Gasteiger partial charge is 0.307 e. The number of amides is 1. The Balaban J connectivity index is 2.03. The van der Waals surface area contributed by atoms with Gasteiger partial charge in [0.05, 0.1) is 6.42 Å². The first-order valence-electron chi connectivity index (χ1n) is 6.66. The molecule has 2 rings (SSSR count). The number of hydrogen-bond acceptors (Lipinski definition) is 2. The highest BCUT2D eigenvalue weighted by Gasteiger charge is 2.12. The van der Waals surface area contributed by atoms with Crippen molar-refractivity contribution in [3.63, 3.8) is 0 Å². The van der Waals surface area contributed by atoms with Crippen LogP contribution in [0.1, 0.15) is 21.5 Å². The van der Waals surface area contributed by atoms with Crippen molar-refractivity contribution in [3.8, 4) is 0 Å². The molecule has 21 heavy (non-hydrogen) atoms. The van der Waals surface area contributed by atoms with Crippen LogP contribution in [0.25, 0.3) is 0 Å². The standard InChI is InChI=1S/C17H17NO3/c1-18(12-14-5-3-2-4-6-14)17(21)15-9-7-13(8-10-15)11-16(19)20/h2-10H,11-12H2,1H3,(H,19,20). The van der Waals surface area contributed by atoms with Crippen molar-refractivity contribution in [1.82, 2.24) is 4.90 Å². The SMILES string of the molecule is CN(Cc1ccccc1)C(=O)c1ccc(CC(=O)O)cc1. The van der Waals surface area contributed by atoms with Crippen molar-refractivity contribution in [2.45, 2.75) is 13.0 Å². The Kier molecular flexibility index (Phi) is 4.72. The number of carbonyl (C=O) groups is 2. The minimum Gasteiger partial charge on any atom is -0.481 e.